The number of rotatable bonds is 7. The van der Waals surface area contributed by atoms with Crippen LogP contribution in [0.5, 0.6) is 0 Å². The van der Waals surface area contributed by atoms with Crippen molar-refractivity contribution >= 4 is 5.91 Å². The van der Waals surface area contributed by atoms with Gasteiger partial charge in [0, 0.05) is 24.8 Å². The molecule has 134 valence electrons. The second-order valence-electron chi connectivity index (χ2n) is 7.51. The van der Waals surface area contributed by atoms with Crippen molar-refractivity contribution in [1.82, 2.24) is 15.5 Å². The lowest BCUT2D eigenvalue weighted by Crippen LogP contribution is -2.27. The average molecular weight is 341 g/mol. The minimum atomic E-state index is 0.0961. The molecule has 25 heavy (non-hydrogen) atoms. The van der Waals surface area contributed by atoms with Gasteiger partial charge in [-0.15, -0.1) is 0 Å². The number of amides is 1. The Labute approximate surface area is 149 Å². The van der Waals surface area contributed by atoms with E-state index in [0.29, 0.717) is 36.5 Å². The summed E-state index contributed by atoms with van der Waals surface area (Å²) in [5, 5.41) is 6.93. The predicted molar refractivity (Wildman–Crippen MR) is 96.5 cm³/mol. The molecule has 0 saturated heterocycles. The number of aromatic nitrogens is 2. The van der Waals surface area contributed by atoms with Crippen LogP contribution in [-0.2, 0) is 11.2 Å². The van der Waals surface area contributed by atoms with Gasteiger partial charge in [0.1, 0.15) is 0 Å². The Hall–Kier alpha value is -2.17. The van der Waals surface area contributed by atoms with Crippen molar-refractivity contribution < 1.29 is 9.32 Å². The van der Waals surface area contributed by atoms with Gasteiger partial charge >= 0.3 is 0 Å². The third-order valence-electron chi connectivity index (χ3n) is 4.80. The first-order chi connectivity index (χ1) is 12.0. The molecule has 0 spiro atoms. The normalized spacial score (nSPS) is 19.4. The minimum Gasteiger partial charge on any atom is -0.355 e. The fourth-order valence-electron chi connectivity index (χ4n) is 3.01. The van der Waals surface area contributed by atoms with E-state index >= 15 is 0 Å². The maximum Gasteiger partial charge on any atom is 0.228 e. The molecule has 1 N–H and O–H groups in total. The smallest absolute Gasteiger partial charge is 0.228 e. The molecular formula is C20H27N3O2. The Balaban J connectivity index is 1.45. The van der Waals surface area contributed by atoms with Gasteiger partial charge in [-0.05, 0) is 29.4 Å². The summed E-state index contributed by atoms with van der Waals surface area (Å²) in [6, 6.07) is 8.68. The zero-order valence-electron chi connectivity index (χ0n) is 15.5. The lowest BCUT2D eigenvalue weighted by atomic mass is 10.00. The van der Waals surface area contributed by atoms with Crippen molar-refractivity contribution in [3.05, 3.63) is 47.1 Å². The molecule has 0 aliphatic heterocycles. The number of nitrogens with one attached hydrogen (secondary N) is 1. The number of carbonyl (C=O) groups excluding carboxylic acids is 1. The number of carbonyl (C=O) groups is 1. The van der Waals surface area contributed by atoms with Crippen molar-refractivity contribution in [3.63, 3.8) is 0 Å². The molecule has 0 unspecified atom stereocenters. The van der Waals surface area contributed by atoms with Crippen LogP contribution in [0.25, 0.3) is 0 Å². The molecule has 1 aliphatic carbocycles. The summed E-state index contributed by atoms with van der Waals surface area (Å²) in [5.74, 6) is 2.67. The third-order valence-corrected chi connectivity index (χ3v) is 4.80. The summed E-state index contributed by atoms with van der Waals surface area (Å²) in [5.41, 5.74) is 2.61. The van der Waals surface area contributed by atoms with E-state index < -0.39 is 0 Å². The van der Waals surface area contributed by atoms with Gasteiger partial charge in [-0.3, -0.25) is 4.79 Å². The summed E-state index contributed by atoms with van der Waals surface area (Å²) in [7, 11) is 0. The lowest BCUT2D eigenvalue weighted by Gasteiger charge is -2.07. The molecule has 1 heterocycles. The highest BCUT2D eigenvalue weighted by atomic mass is 16.5. The molecule has 5 nitrogen and oxygen atoms in total. The quantitative estimate of drug-likeness (QED) is 0.832. The van der Waals surface area contributed by atoms with Gasteiger partial charge in [0.15, 0.2) is 5.82 Å². The highest BCUT2D eigenvalue weighted by Crippen LogP contribution is 2.47. The first-order valence-corrected chi connectivity index (χ1v) is 9.15. The largest absolute Gasteiger partial charge is 0.355 e. The number of hydrogen-bond acceptors (Lipinski definition) is 4. The average Bonchev–Trinajstić information content (AvgIpc) is 3.25. The van der Waals surface area contributed by atoms with Crippen LogP contribution in [-0.4, -0.2) is 22.6 Å². The van der Waals surface area contributed by atoms with Crippen molar-refractivity contribution in [3.8, 4) is 0 Å². The van der Waals surface area contributed by atoms with Gasteiger partial charge in [-0.25, -0.2) is 0 Å². The van der Waals surface area contributed by atoms with Crippen LogP contribution in [0.15, 0.2) is 28.8 Å². The summed E-state index contributed by atoms with van der Waals surface area (Å²) in [6.45, 7) is 8.97. The van der Waals surface area contributed by atoms with Crippen LogP contribution in [0.4, 0.5) is 0 Å². The molecule has 2 atom stereocenters. The first kappa shape index (κ1) is 17.6. The molecular weight excluding hydrogens is 314 g/mol. The zero-order valence-corrected chi connectivity index (χ0v) is 15.5. The van der Waals surface area contributed by atoms with Crippen LogP contribution in [0, 0.1) is 5.92 Å². The van der Waals surface area contributed by atoms with Crippen LogP contribution < -0.4 is 5.32 Å². The topological polar surface area (TPSA) is 68.0 Å². The van der Waals surface area contributed by atoms with Crippen molar-refractivity contribution in [2.45, 2.75) is 58.3 Å². The SMILES string of the molecule is CC(C)c1ccc([C@H]2C[C@@H]2C(=O)NCCc2nc(C(C)C)no2)cc1. The molecule has 1 saturated carbocycles. The zero-order chi connectivity index (χ0) is 18.0. The number of benzene rings is 1. The maximum absolute atomic E-state index is 12.3. The van der Waals surface area contributed by atoms with Crippen molar-refractivity contribution in [2.75, 3.05) is 6.54 Å². The second-order valence-corrected chi connectivity index (χ2v) is 7.51. The van der Waals surface area contributed by atoms with E-state index in [-0.39, 0.29) is 17.7 Å². The second kappa shape index (κ2) is 7.38. The molecule has 5 heteroatoms. The van der Waals surface area contributed by atoms with E-state index in [9.17, 15) is 4.79 Å². The lowest BCUT2D eigenvalue weighted by molar-refractivity contribution is -0.122. The summed E-state index contributed by atoms with van der Waals surface area (Å²) >= 11 is 0. The number of hydrogen-bond donors (Lipinski definition) is 1. The van der Waals surface area contributed by atoms with E-state index in [1.54, 1.807) is 0 Å². The summed E-state index contributed by atoms with van der Waals surface area (Å²) in [6.07, 6.45) is 1.51. The van der Waals surface area contributed by atoms with Gasteiger partial charge in [-0.1, -0.05) is 57.1 Å². The molecule has 1 fully saturated rings. The predicted octanol–water partition coefficient (Wildman–Crippen LogP) is 3.78. The number of nitrogens with zero attached hydrogens (tertiary/aromatic N) is 2. The van der Waals surface area contributed by atoms with E-state index in [2.05, 4.69) is 53.6 Å². The standard InChI is InChI=1S/C20H27N3O2/c1-12(2)14-5-7-15(8-6-14)16-11-17(16)20(24)21-10-9-18-22-19(13(3)4)23-25-18/h5-8,12-13,16-17H,9-11H2,1-4H3,(H,21,24)/t16-,17+/m1/s1. The van der Waals surface area contributed by atoms with Gasteiger partial charge < -0.3 is 9.84 Å². The Morgan fingerprint density at radius 3 is 2.52 bits per heavy atom. The fourth-order valence-corrected chi connectivity index (χ4v) is 3.01. The molecule has 0 bridgehead atoms. The van der Waals surface area contributed by atoms with Crippen LogP contribution in [0.1, 0.15) is 74.7 Å². The molecule has 1 aromatic heterocycles. The molecule has 0 radical (unpaired) electrons. The highest BCUT2D eigenvalue weighted by Gasteiger charge is 2.43. The third kappa shape index (κ3) is 4.27. The molecule has 1 aliphatic rings. The van der Waals surface area contributed by atoms with Gasteiger partial charge in [0.05, 0.1) is 0 Å². The van der Waals surface area contributed by atoms with Crippen LogP contribution >= 0.6 is 0 Å². The van der Waals surface area contributed by atoms with Crippen molar-refractivity contribution in [1.29, 1.82) is 0 Å². The molecule has 3 rings (SSSR count). The van der Waals surface area contributed by atoms with Crippen LogP contribution in [0.2, 0.25) is 0 Å². The van der Waals surface area contributed by atoms with E-state index in [4.69, 9.17) is 4.52 Å². The van der Waals surface area contributed by atoms with Gasteiger partial charge in [0.2, 0.25) is 11.8 Å². The van der Waals surface area contributed by atoms with Crippen LogP contribution in [0.3, 0.4) is 0 Å². The molecule has 2 aromatic rings. The monoisotopic (exact) mass is 341 g/mol. The summed E-state index contributed by atoms with van der Waals surface area (Å²) < 4.78 is 5.19. The Morgan fingerprint density at radius 2 is 1.92 bits per heavy atom. The Kier molecular flexibility index (Phi) is 5.21. The molecule has 1 aromatic carbocycles. The van der Waals surface area contributed by atoms with Gasteiger partial charge in [-0.2, -0.15) is 4.98 Å². The fraction of sp³-hybridized carbons (Fsp3) is 0.550. The molecule has 1 amide bonds. The Bertz CT molecular complexity index is 719. The highest BCUT2D eigenvalue weighted by molar-refractivity contribution is 5.82. The maximum atomic E-state index is 12.3. The first-order valence-electron chi connectivity index (χ1n) is 9.15. The Morgan fingerprint density at radius 1 is 1.20 bits per heavy atom. The summed E-state index contributed by atoms with van der Waals surface area (Å²) in [4.78, 5) is 16.6. The van der Waals surface area contributed by atoms with Crippen molar-refractivity contribution in [2.24, 2.45) is 5.92 Å². The van der Waals surface area contributed by atoms with Gasteiger partial charge in [0.25, 0.3) is 0 Å². The van der Waals surface area contributed by atoms with E-state index in [0.717, 1.165) is 6.42 Å². The van der Waals surface area contributed by atoms with E-state index in [1.807, 2.05) is 13.8 Å². The van der Waals surface area contributed by atoms with E-state index in [1.165, 1.54) is 11.1 Å². The minimum absolute atomic E-state index is 0.0961.